The fraction of sp³-hybridized carbons (Fsp3) is 0.0200. The third-order valence-corrected chi connectivity index (χ3v) is 10.5. The van der Waals surface area contributed by atoms with Crippen molar-refractivity contribution in [1.29, 1.82) is 0 Å². The second-order valence-electron chi connectivity index (χ2n) is 13.5. The molecule has 0 bridgehead atoms. The number of para-hydroxylation sites is 1. The van der Waals surface area contributed by atoms with E-state index in [4.69, 9.17) is 9.40 Å². The Morgan fingerprint density at radius 2 is 1.19 bits per heavy atom. The summed E-state index contributed by atoms with van der Waals surface area (Å²) in [7, 11) is 0. The van der Waals surface area contributed by atoms with Crippen LogP contribution >= 0.6 is 0 Å². The maximum Gasteiger partial charge on any atom is 0.135 e. The number of furan rings is 1. The number of nitrogens with zero attached hydrogens (tertiary/aromatic N) is 1. The molecule has 2 nitrogen and oxygen atoms in total. The highest BCUT2D eigenvalue weighted by molar-refractivity contribution is 6.18. The molecule has 10 aromatic rings. The molecule has 0 atom stereocenters. The van der Waals surface area contributed by atoms with Crippen LogP contribution in [0.3, 0.4) is 0 Å². The van der Waals surface area contributed by atoms with Crippen LogP contribution in [0.5, 0.6) is 0 Å². The van der Waals surface area contributed by atoms with E-state index in [2.05, 4.69) is 165 Å². The quantitative estimate of drug-likeness (QED) is 0.175. The van der Waals surface area contributed by atoms with Crippen molar-refractivity contribution in [3.05, 3.63) is 186 Å². The van der Waals surface area contributed by atoms with Gasteiger partial charge in [0.25, 0.3) is 0 Å². The Kier molecular flexibility index (Phi) is 6.90. The number of aromatic nitrogens is 1. The highest BCUT2D eigenvalue weighted by Gasteiger charge is 2.16. The van der Waals surface area contributed by atoms with Gasteiger partial charge >= 0.3 is 0 Å². The molecule has 0 radical (unpaired) electrons. The van der Waals surface area contributed by atoms with Gasteiger partial charge in [-0.15, -0.1) is 0 Å². The third kappa shape index (κ3) is 4.69. The first-order chi connectivity index (χ1) is 25.7. The highest BCUT2D eigenvalue weighted by atomic mass is 16.3. The maximum atomic E-state index is 6.12. The topological polar surface area (TPSA) is 26.0 Å². The van der Waals surface area contributed by atoms with E-state index in [0.717, 1.165) is 65.5 Å². The fourth-order valence-electron chi connectivity index (χ4n) is 8.14. The minimum absolute atomic E-state index is 0.887. The maximum absolute atomic E-state index is 6.12. The zero-order valence-electron chi connectivity index (χ0n) is 28.7. The zero-order chi connectivity index (χ0) is 34.8. The van der Waals surface area contributed by atoms with Gasteiger partial charge in [0.05, 0.1) is 5.52 Å². The lowest BCUT2D eigenvalue weighted by Gasteiger charge is -2.16. The SMILES string of the molecule is C=c1/c(=C(\C=C/C)c2ccc3oc4ccccc4c3c2)ccc2cc(-c3ccc(-c4c5ccccc5cc5ccccc45)c4ccccc34)cnc12. The first-order valence-electron chi connectivity index (χ1n) is 17.8. The average Bonchev–Trinajstić information content (AvgIpc) is 3.57. The van der Waals surface area contributed by atoms with E-state index in [-0.39, 0.29) is 0 Å². The van der Waals surface area contributed by atoms with Crippen molar-refractivity contribution in [2.75, 3.05) is 0 Å². The largest absolute Gasteiger partial charge is 0.456 e. The molecule has 244 valence electrons. The molecule has 2 heteroatoms. The Morgan fingerprint density at radius 1 is 0.558 bits per heavy atom. The fourth-order valence-corrected chi connectivity index (χ4v) is 8.14. The van der Waals surface area contributed by atoms with Gasteiger partial charge in [0.2, 0.25) is 0 Å². The van der Waals surface area contributed by atoms with Crippen LogP contribution in [0, 0.1) is 0 Å². The van der Waals surface area contributed by atoms with Gasteiger partial charge in [-0.1, -0.05) is 140 Å². The molecule has 0 saturated heterocycles. The van der Waals surface area contributed by atoms with Gasteiger partial charge in [-0.3, -0.25) is 4.98 Å². The molecule has 0 amide bonds. The molecule has 8 aromatic carbocycles. The van der Waals surface area contributed by atoms with Gasteiger partial charge in [0.1, 0.15) is 11.2 Å². The molecular weight excluding hydrogens is 631 g/mol. The minimum Gasteiger partial charge on any atom is -0.456 e. The summed E-state index contributed by atoms with van der Waals surface area (Å²) in [6, 6.07) is 54.3. The van der Waals surface area contributed by atoms with Gasteiger partial charge < -0.3 is 4.42 Å². The Hall–Kier alpha value is -6.77. The van der Waals surface area contributed by atoms with Gasteiger partial charge in [0.15, 0.2) is 0 Å². The Morgan fingerprint density at radius 3 is 1.94 bits per heavy atom. The molecule has 0 fully saturated rings. The smallest absolute Gasteiger partial charge is 0.135 e. The van der Waals surface area contributed by atoms with E-state index in [9.17, 15) is 0 Å². The van der Waals surface area contributed by atoms with Gasteiger partial charge in [-0.2, -0.15) is 0 Å². The molecule has 2 aromatic heterocycles. The second kappa shape index (κ2) is 11.9. The molecule has 0 aliphatic rings. The number of fused-ring (bicyclic) bond motifs is 7. The number of allylic oxidation sites excluding steroid dienone is 2. The lowest BCUT2D eigenvalue weighted by Crippen LogP contribution is -2.27. The van der Waals surface area contributed by atoms with Crippen LogP contribution in [-0.2, 0) is 0 Å². The summed E-state index contributed by atoms with van der Waals surface area (Å²) in [5, 5.41) is 12.7. The summed E-state index contributed by atoms with van der Waals surface area (Å²) < 4.78 is 6.12. The molecule has 2 heterocycles. The predicted molar refractivity (Wildman–Crippen MR) is 221 cm³/mol. The zero-order valence-corrected chi connectivity index (χ0v) is 28.7. The van der Waals surface area contributed by atoms with Crippen molar-refractivity contribution < 1.29 is 4.42 Å². The van der Waals surface area contributed by atoms with Crippen molar-refractivity contribution in [3.63, 3.8) is 0 Å². The van der Waals surface area contributed by atoms with E-state index in [1.54, 1.807) is 0 Å². The van der Waals surface area contributed by atoms with Crippen molar-refractivity contribution in [2.45, 2.75) is 6.92 Å². The molecular formula is C50H33NO. The van der Waals surface area contributed by atoms with Crippen molar-refractivity contribution in [3.8, 4) is 22.3 Å². The summed E-state index contributed by atoms with van der Waals surface area (Å²) in [6.45, 7) is 6.65. The highest BCUT2D eigenvalue weighted by Crippen LogP contribution is 2.42. The van der Waals surface area contributed by atoms with Crippen molar-refractivity contribution in [2.24, 2.45) is 0 Å². The minimum atomic E-state index is 0.887. The number of benzene rings is 8. The van der Waals surface area contributed by atoms with E-state index in [1.165, 1.54) is 43.4 Å². The third-order valence-electron chi connectivity index (χ3n) is 10.5. The van der Waals surface area contributed by atoms with Gasteiger partial charge in [-0.25, -0.2) is 0 Å². The number of rotatable bonds is 4. The van der Waals surface area contributed by atoms with Crippen LogP contribution in [0.1, 0.15) is 12.5 Å². The molecule has 0 aliphatic heterocycles. The molecule has 10 rings (SSSR count). The summed E-state index contributed by atoms with van der Waals surface area (Å²) in [5.41, 5.74) is 9.67. The Balaban J connectivity index is 1.13. The Labute approximate surface area is 300 Å². The molecule has 0 saturated carbocycles. The number of hydrogen-bond acceptors (Lipinski definition) is 2. The van der Waals surface area contributed by atoms with E-state index in [1.807, 2.05) is 18.3 Å². The summed E-state index contributed by atoms with van der Waals surface area (Å²) in [4.78, 5) is 5.09. The Bertz CT molecular complexity index is 3160. The van der Waals surface area contributed by atoms with Crippen molar-refractivity contribution >= 4 is 77.3 Å². The number of hydrogen-bond donors (Lipinski definition) is 0. The average molecular weight is 664 g/mol. The number of pyridine rings is 1. The van der Waals surface area contributed by atoms with Crippen LogP contribution < -0.4 is 10.4 Å². The first-order valence-corrected chi connectivity index (χ1v) is 17.8. The molecule has 52 heavy (non-hydrogen) atoms. The summed E-state index contributed by atoms with van der Waals surface area (Å²) in [6.07, 6.45) is 6.26. The summed E-state index contributed by atoms with van der Waals surface area (Å²) >= 11 is 0. The lowest BCUT2D eigenvalue weighted by molar-refractivity contribution is 0.669. The molecule has 0 spiro atoms. The first kappa shape index (κ1) is 30.1. The predicted octanol–water partition coefficient (Wildman–Crippen LogP) is 12.1. The van der Waals surface area contributed by atoms with Crippen LogP contribution in [0.25, 0.3) is 99.6 Å². The molecule has 0 unspecified atom stereocenters. The van der Waals surface area contributed by atoms with E-state index < -0.39 is 0 Å². The van der Waals surface area contributed by atoms with E-state index in [0.29, 0.717) is 0 Å². The van der Waals surface area contributed by atoms with Crippen LogP contribution in [0.2, 0.25) is 0 Å². The summed E-state index contributed by atoms with van der Waals surface area (Å²) in [5.74, 6) is 0. The lowest BCUT2D eigenvalue weighted by atomic mass is 9.87. The van der Waals surface area contributed by atoms with Crippen LogP contribution in [0.4, 0.5) is 0 Å². The van der Waals surface area contributed by atoms with Crippen LogP contribution in [-0.4, -0.2) is 4.98 Å². The normalized spacial score (nSPS) is 12.6. The molecule has 0 N–H and O–H groups in total. The van der Waals surface area contributed by atoms with Crippen LogP contribution in [0.15, 0.2) is 174 Å². The standard InChI is InChI=1S/C50H33NO/c1-3-12-38(34-22-26-48-46(29-34)44-19-10-11-20-47(44)52-48)37-23-21-35-28-36(30-51-50(35)31(37)2)39-24-25-45(43-18-9-8-17-42(39)43)49-40-15-6-4-13-32(40)27-33-14-5-7-16-41(33)49/h3-30H,2H2,1H3/b12-3-,38-37+. The monoisotopic (exact) mass is 663 g/mol. The second-order valence-corrected chi connectivity index (χ2v) is 13.5. The van der Waals surface area contributed by atoms with Crippen molar-refractivity contribution in [1.82, 2.24) is 4.98 Å². The van der Waals surface area contributed by atoms with Gasteiger partial charge in [0, 0.05) is 33.1 Å². The molecule has 0 aliphatic carbocycles. The van der Waals surface area contributed by atoms with E-state index >= 15 is 0 Å². The van der Waals surface area contributed by atoms with Gasteiger partial charge in [-0.05, 0) is 103 Å².